The van der Waals surface area contributed by atoms with E-state index in [9.17, 15) is 9.90 Å². The van der Waals surface area contributed by atoms with E-state index in [0.717, 1.165) is 0 Å². The smallest absolute Gasteiger partial charge is 0.305 e. The number of aromatic hydroxyl groups is 1. The Morgan fingerprint density at radius 2 is 2.21 bits per heavy atom. The minimum Gasteiger partial charge on any atom is -0.508 e. The fraction of sp³-hybridized carbons (Fsp3) is 0.222. The van der Waals surface area contributed by atoms with E-state index >= 15 is 0 Å². The standard InChI is InChI=1S/C9H10ClNO3/c10-5-2-1-3-7(12)9(5)6(11)4-8(13)14/h1-3,6,12H,4,11H2,(H,13,14)/t6-/m0/s1. The highest BCUT2D eigenvalue weighted by molar-refractivity contribution is 6.31. The highest BCUT2D eigenvalue weighted by Crippen LogP contribution is 2.31. The number of nitrogens with two attached hydrogens (primary N) is 1. The first-order valence-electron chi connectivity index (χ1n) is 3.97. The highest BCUT2D eigenvalue weighted by Gasteiger charge is 2.17. The molecule has 0 radical (unpaired) electrons. The molecule has 0 bridgehead atoms. The van der Waals surface area contributed by atoms with Gasteiger partial charge in [0.25, 0.3) is 0 Å². The van der Waals surface area contributed by atoms with Crippen LogP contribution in [0.1, 0.15) is 18.0 Å². The van der Waals surface area contributed by atoms with Crippen molar-refractivity contribution in [3.05, 3.63) is 28.8 Å². The van der Waals surface area contributed by atoms with Gasteiger partial charge in [-0.15, -0.1) is 0 Å². The van der Waals surface area contributed by atoms with E-state index in [0.29, 0.717) is 0 Å². The predicted octanol–water partition coefficient (Wildman–Crippen LogP) is 1.52. The van der Waals surface area contributed by atoms with Crippen LogP contribution in [-0.2, 0) is 4.79 Å². The van der Waals surface area contributed by atoms with Crippen LogP contribution in [0.15, 0.2) is 18.2 Å². The summed E-state index contributed by atoms with van der Waals surface area (Å²) in [5.41, 5.74) is 5.85. The molecule has 0 spiro atoms. The summed E-state index contributed by atoms with van der Waals surface area (Å²) in [6.07, 6.45) is -0.267. The summed E-state index contributed by atoms with van der Waals surface area (Å²) in [6, 6.07) is 3.75. The average molecular weight is 216 g/mol. The van der Waals surface area contributed by atoms with Crippen LogP contribution < -0.4 is 5.73 Å². The maximum atomic E-state index is 10.4. The minimum absolute atomic E-state index is 0.0775. The average Bonchev–Trinajstić information content (AvgIpc) is 2.01. The Bertz CT molecular complexity index is 334. The summed E-state index contributed by atoms with van der Waals surface area (Å²) < 4.78 is 0. The largest absolute Gasteiger partial charge is 0.508 e. The summed E-state index contributed by atoms with van der Waals surface area (Å²) in [4.78, 5) is 10.4. The van der Waals surface area contributed by atoms with Crippen molar-refractivity contribution >= 4 is 17.6 Å². The lowest BCUT2D eigenvalue weighted by Crippen LogP contribution is -2.15. The lowest BCUT2D eigenvalue weighted by Gasteiger charge is -2.12. The van der Waals surface area contributed by atoms with Gasteiger partial charge < -0.3 is 15.9 Å². The minimum atomic E-state index is -1.03. The van der Waals surface area contributed by atoms with Crippen LogP contribution >= 0.6 is 11.6 Å². The first kappa shape index (κ1) is 10.8. The van der Waals surface area contributed by atoms with E-state index in [2.05, 4.69) is 0 Å². The Morgan fingerprint density at radius 1 is 1.57 bits per heavy atom. The van der Waals surface area contributed by atoms with Crippen LogP contribution in [0, 0.1) is 0 Å². The van der Waals surface area contributed by atoms with Crippen molar-refractivity contribution in [2.24, 2.45) is 5.73 Å². The molecule has 0 amide bonds. The molecule has 0 saturated heterocycles. The maximum absolute atomic E-state index is 10.4. The molecule has 4 nitrogen and oxygen atoms in total. The molecule has 1 atom stereocenters. The number of hydrogen-bond donors (Lipinski definition) is 3. The van der Waals surface area contributed by atoms with E-state index in [-0.39, 0.29) is 22.8 Å². The topological polar surface area (TPSA) is 83.6 Å². The molecule has 0 aliphatic rings. The zero-order valence-corrected chi connectivity index (χ0v) is 8.03. The summed E-state index contributed by atoms with van der Waals surface area (Å²) in [7, 11) is 0. The molecule has 0 aromatic heterocycles. The fourth-order valence-corrected chi connectivity index (χ4v) is 1.49. The summed E-state index contributed by atoms with van der Waals surface area (Å²) in [6.45, 7) is 0. The van der Waals surface area contributed by atoms with Crippen LogP contribution in [0.5, 0.6) is 5.75 Å². The molecule has 0 unspecified atom stereocenters. The molecule has 14 heavy (non-hydrogen) atoms. The van der Waals surface area contributed by atoms with Gasteiger partial charge in [-0.25, -0.2) is 0 Å². The van der Waals surface area contributed by atoms with Gasteiger partial charge in [-0.3, -0.25) is 4.79 Å². The number of carboxylic acid groups (broad SMARTS) is 1. The number of rotatable bonds is 3. The van der Waals surface area contributed by atoms with Crippen molar-refractivity contribution in [1.29, 1.82) is 0 Å². The number of halogens is 1. The second-order valence-electron chi connectivity index (χ2n) is 2.88. The van der Waals surface area contributed by atoms with Gasteiger partial charge >= 0.3 is 5.97 Å². The molecule has 0 heterocycles. The SMILES string of the molecule is N[C@@H](CC(=O)O)c1c(O)cccc1Cl. The van der Waals surface area contributed by atoms with E-state index in [1.54, 1.807) is 12.1 Å². The molecule has 1 rings (SSSR count). The van der Waals surface area contributed by atoms with E-state index in [1.807, 2.05) is 0 Å². The number of phenols is 1. The second-order valence-corrected chi connectivity index (χ2v) is 3.28. The van der Waals surface area contributed by atoms with Crippen LogP contribution in [-0.4, -0.2) is 16.2 Å². The lowest BCUT2D eigenvalue weighted by atomic mass is 10.0. The third-order valence-electron chi connectivity index (χ3n) is 1.80. The van der Waals surface area contributed by atoms with Crippen LogP contribution in [0.4, 0.5) is 0 Å². The van der Waals surface area contributed by atoms with E-state index < -0.39 is 12.0 Å². The quantitative estimate of drug-likeness (QED) is 0.714. The zero-order chi connectivity index (χ0) is 10.7. The van der Waals surface area contributed by atoms with Crippen LogP contribution in [0.3, 0.4) is 0 Å². The van der Waals surface area contributed by atoms with Crippen molar-refractivity contribution in [1.82, 2.24) is 0 Å². The Morgan fingerprint density at radius 3 is 2.71 bits per heavy atom. The predicted molar refractivity (Wildman–Crippen MR) is 52.3 cm³/mol. The first-order chi connectivity index (χ1) is 6.52. The normalized spacial score (nSPS) is 12.4. The van der Waals surface area contributed by atoms with Gasteiger partial charge in [0.2, 0.25) is 0 Å². The van der Waals surface area contributed by atoms with E-state index in [1.165, 1.54) is 6.07 Å². The molecule has 0 aliphatic heterocycles. The number of hydrogen-bond acceptors (Lipinski definition) is 3. The summed E-state index contributed by atoms with van der Waals surface area (Å²) in [5, 5.41) is 18.2. The molecule has 0 saturated carbocycles. The number of phenolic OH excluding ortho intramolecular Hbond substituents is 1. The Labute approximate surface area is 85.9 Å². The van der Waals surface area contributed by atoms with Crippen LogP contribution in [0.2, 0.25) is 5.02 Å². The monoisotopic (exact) mass is 215 g/mol. The molecule has 0 fully saturated rings. The molecule has 76 valence electrons. The van der Waals surface area contributed by atoms with Gasteiger partial charge in [0.05, 0.1) is 6.42 Å². The number of aliphatic carboxylic acids is 1. The fourth-order valence-electron chi connectivity index (χ4n) is 1.18. The molecule has 1 aromatic rings. The highest BCUT2D eigenvalue weighted by atomic mass is 35.5. The van der Waals surface area contributed by atoms with Crippen molar-refractivity contribution < 1.29 is 15.0 Å². The van der Waals surface area contributed by atoms with Gasteiger partial charge in [-0.1, -0.05) is 17.7 Å². The van der Waals surface area contributed by atoms with Crippen molar-refractivity contribution in [2.75, 3.05) is 0 Å². The van der Waals surface area contributed by atoms with Gasteiger partial charge in [0, 0.05) is 16.6 Å². The Balaban J connectivity index is 2.99. The maximum Gasteiger partial charge on any atom is 0.305 e. The van der Waals surface area contributed by atoms with Crippen molar-refractivity contribution in [3.8, 4) is 5.75 Å². The number of carbonyl (C=O) groups is 1. The number of carboxylic acids is 1. The van der Waals surface area contributed by atoms with E-state index in [4.69, 9.17) is 22.4 Å². The molecule has 0 aliphatic carbocycles. The molecule has 1 aromatic carbocycles. The summed E-state index contributed by atoms with van der Waals surface area (Å²) in [5.74, 6) is -1.11. The van der Waals surface area contributed by atoms with Gasteiger partial charge in [0.1, 0.15) is 5.75 Å². The number of benzene rings is 1. The zero-order valence-electron chi connectivity index (χ0n) is 7.27. The van der Waals surface area contributed by atoms with Gasteiger partial charge in [0.15, 0.2) is 0 Å². The third kappa shape index (κ3) is 2.37. The van der Waals surface area contributed by atoms with Gasteiger partial charge in [-0.05, 0) is 12.1 Å². The first-order valence-corrected chi connectivity index (χ1v) is 4.35. The molecular formula is C9H10ClNO3. The second kappa shape index (κ2) is 4.30. The molecule has 5 heteroatoms. The van der Waals surface area contributed by atoms with Crippen molar-refractivity contribution in [2.45, 2.75) is 12.5 Å². The lowest BCUT2D eigenvalue weighted by molar-refractivity contribution is -0.137. The van der Waals surface area contributed by atoms with Crippen LogP contribution in [0.25, 0.3) is 0 Å². The Hall–Kier alpha value is -1.26. The molecule has 4 N–H and O–H groups in total. The summed E-state index contributed by atoms with van der Waals surface area (Å²) >= 11 is 5.77. The molecular weight excluding hydrogens is 206 g/mol. The van der Waals surface area contributed by atoms with Gasteiger partial charge in [-0.2, -0.15) is 0 Å². The Kier molecular flexibility index (Phi) is 3.33. The third-order valence-corrected chi connectivity index (χ3v) is 2.12. The van der Waals surface area contributed by atoms with Crippen molar-refractivity contribution in [3.63, 3.8) is 0 Å².